The maximum atomic E-state index is 13.8. The Hall–Kier alpha value is -3.95. The molecule has 208 valence electrons. The summed E-state index contributed by atoms with van der Waals surface area (Å²) in [5.74, 6) is 1.29. The number of unbranched alkanes of at least 4 members (excludes halogenated alkanes) is 1. The van der Waals surface area contributed by atoms with E-state index in [0.29, 0.717) is 42.6 Å². The molecular weight excluding hydrogens is 496 g/mol. The third-order valence-corrected chi connectivity index (χ3v) is 7.08. The van der Waals surface area contributed by atoms with E-state index in [4.69, 9.17) is 9.47 Å². The lowest BCUT2D eigenvalue weighted by Crippen LogP contribution is -2.46. The zero-order valence-corrected chi connectivity index (χ0v) is 23.2. The minimum absolute atomic E-state index is 0.132. The van der Waals surface area contributed by atoms with Crippen LogP contribution in [0.5, 0.6) is 11.5 Å². The van der Waals surface area contributed by atoms with Crippen LogP contribution in [0.3, 0.4) is 0 Å². The summed E-state index contributed by atoms with van der Waals surface area (Å²) in [7, 11) is 0. The van der Waals surface area contributed by atoms with E-state index in [1.807, 2.05) is 56.0 Å². The molecule has 0 radical (unpaired) electrons. The topological polar surface area (TPSA) is 122 Å². The number of carbonyl (C=O) groups is 2. The largest absolute Gasteiger partial charge is 0.493 e. The summed E-state index contributed by atoms with van der Waals surface area (Å²) in [5.41, 5.74) is 1.92. The van der Waals surface area contributed by atoms with Crippen molar-refractivity contribution < 1.29 is 19.1 Å². The first-order chi connectivity index (χ1) is 18.9. The molecule has 0 spiro atoms. The number of hydrogen-bond donors (Lipinski definition) is 2. The maximum absolute atomic E-state index is 13.8. The second-order valence-electron chi connectivity index (χ2n) is 9.87. The van der Waals surface area contributed by atoms with Crippen molar-refractivity contribution in [3.63, 3.8) is 0 Å². The molecule has 0 saturated heterocycles. The summed E-state index contributed by atoms with van der Waals surface area (Å²) < 4.78 is 11.7. The van der Waals surface area contributed by atoms with Crippen molar-refractivity contribution in [2.45, 2.75) is 71.4 Å². The van der Waals surface area contributed by atoms with Gasteiger partial charge in [0.1, 0.15) is 22.6 Å². The molecule has 10 heteroatoms. The number of nitrogens with one attached hydrogen (secondary N) is 2. The molecule has 10 nitrogen and oxygen atoms in total. The van der Waals surface area contributed by atoms with Gasteiger partial charge in [-0.05, 0) is 83.1 Å². The van der Waals surface area contributed by atoms with Crippen LogP contribution in [-0.4, -0.2) is 57.1 Å². The number of ether oxygens (including phenoxy) is 2. The molecule has 1 aliphatic carbocycles. The van der Waals surface area contributed by atoms with Crippen LogP contribution in [0.15, 0.2) is 42.5 Å². The molecule has 3 aromatic rings. The summed E-state index contributed by atoms with van der Waals surface area (Å²) >= 11 is 0. The Morgan fingerprint density at radius 1 is 1.08 bits per heavy atom. The van der Waals surface area contributed by atoms with Gasteiger partial charge in [-0.25, -0.2) is 4.79 Å². The third-order valence-electron chi connectivity index (χ3n) is 7.08. The Kier molecular flexibility index (Phi) is 9.16. The number of hydrogen-bond acceptors (Lipinski definition) is 7. The molecule has 1 aliphatic rings. The molecular formula is C29H38N6O4. The predicted molar refractivity (Wildman–Crippen MR) is 147 cm³/mol. The number of rotatable bonds is 14. The van der Waals surface area contributed by atoms with Crippen molar-refractivity contribution in [1.82, 2.24) is 30.8 Å². The third kappa shape index (κ3) is 6.74. The second-order valence-corrected chi connectivity index (χ2v) is 9.87. The second kappa shape index (κ2) is 12.7. The van der Waals surface area contributed by atoms with E-state index in [2.05, 4.69) is 38.1 Å². The number of amides is 2. The summed E-state index contributed by atoms with van der Waals surface area (Å²) in [6.07, 6.45) is 4.21. The van der Waals surface area contributed by atoms with E-state index in [1.54, 1.807) is 0 Å². The van der Waals surface area contributed by atoms with Crippen molar-refractivity contribution in [3.8, 4) is 11.5 Å². The van der Waals surface area contributed by atoms with E-state index in [1.165, 1.54) is 12.5 Å². The van der Waals surface area contributed by atoms with Gasteiger partial charge >= 0.3 is 6.03 Å². The number of benzene rings is 2. The molecule has 1 fully saturated rings. The minimum atomic E-state index is -0.600. The van der Waals surface area contributed by atoms with Gasteiger partial charge in [-0.1, -0.05) is 35.5 Å². The highest BCUT2D eigenvalue weighted by Gasteiger charge is 2.50. The monoisotopic (exact) mass is 534 g/mol. The van der Waals surface area contributed by atoms with Crippen LogP contribution in [0.4, 0.5) is 4.79 Å². The van der Waals surface area contributed by atoms with Crippen molar-refractivity contribution in [2.75, 3.05) is 19.8 Å². The standard InChI is InChI=1S/C29H38N6O4/c1-5-38-24-18-23(19-25(39-6-2)26(24)21(4)36)20(3)35(17-11-10-14-22-12-8-7-9-13-22)28(37)30-29(15-16-29)27-31-33-34-32-27/h7-9,12-13,18-20H,5-6,10-11,14-17H2,1-4H3,(H,30,37)(H,31,32,33,34). The summed E-state index contributed by atoms with van der Waals surface area (Å²) in [6, 6.07) is 13.5. The minimum Gasteiger partial charge on any atom is -0.493 e. The first-order valence-electron chi connectivity index (χ1n) is 13.7. The van der Waals surface area contributed by atoms with Gasteiger partial charge in [0.05, 0.1) is 19.3 Å². The Morgan fingerprint density at radius 2 is 1.74 bits per heavy atom. The number of tetrazole rings is 1. The first-order valence-corrected chi connectivity index (χ1v) is 13.7. The van der Waals surface area contributed by atoms with Gasteiger partial charge < -0.3 is 19.7 Å². The molecule has 2 aromatic carbocycles. The number of aromatic amines is 1. The van der Waals surface area contributed by atoms with Gasteiger partial charge in [0, 0.05) is 6.54 Å². The maximum Gasteiger partial charge on any atom is 0.318 e. The van der Waals surface area contributed by atoms with Gasteiger partial charge in [-0.3, -0.25) is 4.79 Å². The van der Waals surface area contributed by atoms with E-state index in [-0.39, 0.29) is 17.9 Å². The number of nitrogens with zero attached hydrogens (tertiary/aromatic N) is 4. The van der Waals surface area contributed by atoms with Crippen molar-refractivity contribution in [2.24, 2.45) is 0 Å². The van der Waals surface area contributed by atoms with Crippen LogP contribution < -0.4 is 14.8 Å². The number of H-pyrrole nitrogens is 1. The molecule has 1 atom stereocenters. The van der Waals surface area contributed by atoms with E-state index in [9.17, 15) is 9.59 Å². The normalized spacial score (nSPS) is 14.4. The molecule has 1 heterocycles. The zero-order valence-electron chi connectivity index (χ0n) is 23.2. The average Bonchev–Trinajstić information content (AvgIpc) is 3.47. The van der Waals surface area contributed by atoms with E-state index in [0.717, 1.165) is 37.7 Å². The lowest BCUT2D eigenvalue weighted by atomic mass is 10.00. The van der Waals surface area contributed by atoms with Crippen LogP contribution in [0.25, 0.3) is 0 Å². The molecule has 1 saturated carbocycles. The van der Waals surface area contributed by atoms with Crippen molar-refractivity contribution in [3.05, 3.63) is 65.0 Å². The quantitative estimate of drug-likeness (QED) is 0.221. The summed E-state index contributed by atoms with van der Waals surface area (Å²) in [6.45, 7) is 8.59. The summed E-state index contributed by atoms with van der Waals surface area (Å²) in [4.78, 5) is 28.1. The van der Waals surface area contributed by atoms with Gasteiger partial charge in [0.2, 0.25) is 0 Å². The van der Waals surface area contributed by atoms with Gasteiger partial charge in [0.15, 0.2) is 11.6 Å². The SMILES string of the molecule is CCOc1cc(C(C)N(CCCCc2ccccc2)C(=O)NC2(c3nn[nH]n3)CC2)cc(OCC)c1C(C)=O. The fraction of sp³-hybridized carbons (Fsp3) is 0.483. The Labute approximate surface area is 229 Å². The summed E-state index contributed by atoms with van der Waals surface area (Å²) in [5, 5.41) is 17.6. The van der Waals surface area contributed by atoms with E-state index >= 15 is 0 Å². The highest BCUT2D eigenvalue weighted by molar-refractivity contribution is 5.99. The highest BCUT2D eigenvalue weighted by Crippen LogP contribution is 2.44. The van der Waals surface area contributed by atoms with E-state index < -0.39 is 5.54 Å². The molecule has 2 N–H and O–H groups in total. The molecule has 0 bridgehead atoms. The number of aromatic nitrogens is 4. The first kappa shape index (κ1) is 28.1. The fourth-order valence-corrected chi connectivity index (χ4v) is 4.81. The van der Waals surface area contributed by atoms with Crippen molar-refractivity contribution in [1.29, 1.82) is 0 Å². The molecule has 2 amide bonds. The van der Waals surface area contributed by atoms with Gasteiger partial charge in [-0.15, -0.1) is 10.2 Å². The van der Waals surface area contributed by atoms with Crippen molar-refractivity contribution >= 4 is 11.8 Å². The lowest BCUT2D eigenvalue weighted by Gasteiger charge is -2.32. The van der Waals surface area contributed by atoms with Crippen LogP contribution in [0, 0.1) is 0 Å². The molecule has 1 unspecified atom stereocenters. The predicted octanol–water partition coefficient (Wildman–Crippen LogP) is 4.98. The fourth-order valence-electron chi connectivity index (χ4n) is 4.81. The zero-order chi connectivity index (χ0) is 27.8. The molecule has 4 rings (SSSR count). The van der Waals surface area contributed by atoms with Gasteiger partial charge in [-0.2, -0.15) is 5.21 Å². The number of Topliss-reactive ketones (excluding diaryl/α,β-unsaturated/α-hetero) is 1. The lowest BCUT2D eigenvalue weighted by molar-refractivity contribution is 0.100. The smallest absolute Gasteiger partial charge is 0.318 e. The Balaban J connectivity index is 1.59. The number of aryl methyl sites for hydroxylation is 1. The average molecular weight is 535 g/mol. The highest BCUT2D eigenvalue weighted by atomic mass is 16.5. The molecule has 0 aliphatic heterocycles. The Bertz CT molecular complexity index is 1220. The number of ketones is 1. The number of carbonyl (C=O) groups excluding carboxylic acids is 2. The molecule has 39 heavy (non-hydrogen) atoms. The van der Waals surface area contributed by atoms with Crippen LogP contribution >= 0.6 is 0 Å². The molecule has 1 aromatic heterocycles. The number of urea groups is 1. The van der Waals surface area contributed by atoms with Crippen LogP contribution in [0.1, 0.15) is 86.7 Å². The van der Waals surface area contributed by atoms with Gasteiger partial charge in [0.25, 0.3) is 0 Å². The van der Waals surface area contributed by atoms with Crippen LogP contribution in [-0.2, 0) is 12.0 Å². The van der Waals surface area contributed by atoms with Crippen LogP contribution in [0.2, 0.25) is 0 Å². The Morgan fingerprint density at radius 3 is 2.28 bits per heavy atom.